The Labute approximate surface area is 124 Å². The normalized spacial score (nSPS) is 19.3. The molecule has 1 saturated heterocycles. The second-order valence-electron chi connectivity index (χ2n) is 5.83. The standard InChI is InChI=1S/C16H21NO4/c1-16(2,12-6-4-3-5-7-12)15(20)17-8-9-21-13(11-17)10-14(18)19/h3-7,13H,8-11H2,1-2H3,(H,18,19). The van der Waals surface area contributed by atoms with Gasteiger partial charge in [-0.1, -0.05) is 30.3 Å². The molecule has 1 unspecified atom stereocenters. The molecule has 1 aromatic rings. The first-order valence-corrected chi connectivity index (χ1v) is 7.09. The number of carboxylic acids is 1. The third kappa shape index (κ3) is 3.61. The number of amides is 1. The highest BCUT2D eigenvalue weighted by Crippen LogP contribution is 2.26. The molecular formula is C16H21NO4. The molecule has 2 rings (SSSR count). The molecule has 1 aromatic carbocycles. The number of morpholine rings is 1. The van der Waals surface area contributed by atoms with Crippen LogP contribution in [0, 0.1) is 0 Å². The van der Waals surface area contributed by atoms with Crippen LogP contribution in [0.1, 0.15) is 25.8 Å². The van der Waals surface area contributed by atoms with Crippen LogP contribution in [0.25, 0.3) is 0 Å². The van der Waals surface area contributed by atoms with Crippen molar-refractivity contribution < 1.29 is 19.4 Å². The van der Waals surface area contributed by atoms with Gasteiger partial charge in [-0.15, -0.1) is 0 Å². The average molecular weight is 291 g/mol. The van der Waals surface area contributed by atoms with Gasteiger partial charge >= 0.3 is 5.97 Å². The molecule has 0 aromatic heterocycles. The van der Waals surface area contributed by atoms with Gasteiger partial charge in [-0.3, -0.25) is 9.59 Å². The molecule has 1 aliphatic heterocycles. The summed E-state index contributed by atoms with van der Waals surface area (Å²) in [6.07, 6.45) is -0.498. The van der Waals surface area contributed by atoms with E-state index in [2.05, 4.69) is 0 Å². The maximum Gasteiger partial charge on any atom is 0.306 e. The van der Waals surface area contributed by atoms with E-state index in [-0.39, 0.29) is 12.3 Å². The predicted molar refractivity (Wildman–Crippen MR) is 78.0 cm³/mol. The molecule has 21 heavy (non-hydrogen) atoms. The molecule has 5 nitrogen and oxygen atoms in total. The maximum atomic E-state index is 12.8. The summed E-state index contributed by atoms with van der Waals surface area (Å²) >= 11 is 0. The lowest BCUT2D eigenvalue weighted by atomic mass is 9.83. The lowest BCUT2D eigenvalue weighted by molar-refractivity contribution is -0.150. The summed E-state index contributed by atoms with van der Waals surface area (Å²) in [5.41, 5.74) is 0.322. The van der Waals surface area contributed by atoms with Gasteiger partial charge in [0.2, 0.25) is 5.91 Å². The highest BCUT2D eigenvalue weighted by atomic mass is 16.5. The van der Waals surface area contributed by atoms with Gasteiger partial charge in [-0.2, -0.15) is 0 Å². The van der Waals surface area contributed by atoms with Crippen molar-refractivity contribution in [1.82, 2.24) is 4.90 Å². The number of aliphatic carboxylic acids is 1. The Kier molecular flexibility index (Phi) is 4.63. The second-order valence-corrected chi connectivity index (χ2v) is 5.83. The largest absolute Gasteiger partial charge is 0.481 e. The van der Waals surface area contributed by atoms with Crippen molar-refractivity contribution in [1.29, 1.82) is 0 Å². The Morgan fingerprint density at radius 3 is 2.62 bits per heavy atom. The minimum absolute atomic E-state index is 0.00684. The Bertz CT molecular complexity index is 512. The van der Waals surface area contributed by atoms with Crippen LogP contribution in [0.2, 0.25) is 0 Å². The Hall–Kier alpha value is -1.88. The van der Waals surface area contributed by atoms with Crippen molar-refractivity contribution in [3.05, 3.63) is 35.9 Å². The predicted octanol–water partition coefficient (Wildman–Crippen LogP) is 1.67. The number of hydrogen-bond donors (Lipinski definition) is 1. The lowest BCUT2D eigenvalue weighted by Crippen LogP contribution is -2.51. The average Bonchev–Trinajstić information content (AvgIpc) is 2.47. The highest BCUT2D eigenvalue weighted by Gasteiger charge is 2.36. The summed E-state index contributed by atoms with van der Waals surface area (Å²) < 4.78 is 5.41. The number of nitrogens with zero attached hydrogens (tertiary/aromatic N) is 1. The number of rotatable bonds is 4. The van der Waals surface area contributed by atoms with Gasteiger partial charge in [0.15, 0.2) is 0 Å². The van der Waals surface area contributed by atoms with Crippen molar-refractivity contribution in [2.75, 3.05) is 19.7 Å². The van der Waals surface area contributed by atoms with Crippen LogP contribution < -0.4 is 0 Å². The summed E-state index contributed by atoms with van der Waals surface area (Å²) in [5, 5.41) is 8.85. The van der Waals surface area contributed by atoms with Crippen LogP contribution in [0.5, 0.6) is 0 Å². The first-order chi connectivity index (χ1) is 9.91. The molecule has 0 radical (unpaired) electrons. The van der Waals surface area contributed by atoms with Gasteiger partial charge in [-0.25, -0.2) is 0 Å². The van der Waals surface area contributed by atoms with Gasteiger partial charge < -0.3 is 14.7 Å². The third-order valence-corrected chi connectivity index (χ3v) is 3.86. The SMILES string of the molecule is CC(C)(C(=O)N1CCOC(CC(=O)O)C1)c1ccccc1. The van der Waals surface area contributed by atoms with E-state index in [0.29, 0.717) is 19.7 Å². The number of ether oxygens (including phenoxy) is 1. The molecule has 0 spiro atoms. The molecule has 1 heterocycles. The van der Waals surface area contributed by atoms with Crippen LogP contribution in [0.4, 0.5) is 0 Å². The smallest absolute Gasteiger partial charge is 0.306 e. The Morgan fingerprint density at radius 1 is 1.33 bits per heavy atom. The molecule has 1 aliphatic rings. The van der Waals surface area contributed by atoms with Crippen LogP contribution >= 0.6 is 0 Å². The molecule has 0 aliphatic carbocycles. The van der Waals surface area contributed by atoms with E-state index in [1.54, 1.807) is 4.90 Å². The fourth-order valence-corrected chi connectivity index (χ4v) is 2.60. The van der Waals surface area contributed by atoms with Gasteiger partial charge in [0.05, 0.1) is 24.5 Å². The van der Waals surface area contributed by atoms with E-state index in [9.17, 15) is 9.59 Å². The molecule has 1 atom stereocenters. The molecule has 1 fully saturated rings. The zero-order valence-electron chi connectivity index (χ0n) is 12.4. The summed E-state index contributed by atoms with van der Waals surface area (Å²) in [7, 11) is 0. The summed E-state index contributed by atoms with van der Waals surface area (Å²) in [5.74, 6) is -0.899. The molecule has 1 amide bonds. The fraction of sp³-hybridized carbons (Fsp3) is 0.500. The lowest BCUT2D eigenvalue weighted by Gasteiger charge is -2.37. The minimum atomic E-state index is -0.906. The molecule has 114 valence electrons. The van der Waals surface area contributed by atoms with Gasteiger partial charge in [0.25, 0.3) is 0 Å². The quantitative estimate of drug-likeness (QED) is 0.916. The first kappa shape index (κ1) is 15.5. The molecule has 0 saturated carbocycles. The second kappa shape index (κ2) is 6.26. The zero-order valence-corrected chi connectivity index (χ0v) is 12.4. The van der Waals surface area contributed by atoms with Crippen LogP contribution in [0.15, 0.2) is 30.3 Å². The maximum absolute atomic E-state index is 12.8. The Morgan fingerprint density at radius 2 is 2.00 bits per heavy atom. The topological polar surface area (TPSA) is 66.8 Å². The monoisotopic (exact) mass is 291 g/mol. The van der Waals surface area contributed by atoms with E-state index < -0.39 is 17.5 Å². The third-order valence-electron chi connectivity index (χ3n) is 3.86. The number of carbonyl (C=O) groups is 2. The first-order valence-electron chi connectivity index (χ1n) is 7.09. The van der Waals surface area contributed by atoms with Gasteiger partial charge in [0, 0.05) is 13.1 Å². The van der Waals surface area contributed by atoms with Crippen molar-refractivity contribution >= 4 is 11.9 Å². The van der Waals surface area contributed by atoms with Crippen molar-refractivity contribution in [3.63, 3.8) is 0 Å². The molecule has 0 bridgehead atoms. The van der Waals surface area contributed by atoms with E-state index in [4.69, 9.17) is 9.84 Å². The van der Waals surface area contributed by atoms with Crippen molar-refractivity contribution in [2.45, 2.75) is 31.8 Å². The molecule has 5 heteroatoms. The van der Waals surface area contributed by atoms with Crippen LogP contribution in [-0.2, 0) is 19.7 Å². The van der Waals surface area contributed by atoms with E-state index in [1.165, 1.54) is 0 Å². The number of benzene rings is 1. The molecule has 1 N–H and O–H groups in total. The zero-order chi connectivity index (χ0) is 15.5. The number of hydrogen-bond acceptors (Lipinski definition) is 3. The van der Waals surface area contributed by atoms with Crippen molar-refractivity contribution in [3.8, 4) is 0 Å². The van der Waals surface area contributed by atoms with E-state index in [0.717, 1.165) is 5.56 Å². The van der Waals surface area contributed by atoms with Gasteiger partial charge in [-0.05, 0) is 19.4 Å². The van der Waals surface area contributed by atoms with Crippen LogP contribution in [0.3, 0.4) is 0 Å². The summed E-state index contributed by atoms with van der Waals surface area (Å²) in [6, 6.07) is 9.62. The van der Waals surface area contributed by atoms with E-state index >= 15 is 0 Å². The van der Waals surface area contributed by atoms with Crippen LogP contribution in [-0.4, -0.2) is 47.7 Å². The Balaban J connectivity index is 2.10. The summed E-state index contributed by atoms with van der Waals surface area (Å²) in [4.78, 5) is 25.3. The number of carboxylic acid groups (broad SMARTS) is 1. The number of carbonyl (C=O) groups excluding carboxylic acids is 1. The van der Waals surface area contributed by atoms with Crippen molar-refractivity contribution in [2.24, 2.45) is 0 Å². The highest BCUT2D eigenvalue weighted by molar-refractivity contribution is 5.87. The minimum Gasteiger partial charge on any atom is -0.481 e. The summed E-state index contributed by atoms with van der Waals surface area (Å²) in [6.45, 7) is 5.01. The molecular weight excluding hydrogens is 270 g/mol. The van der Waals surface area contributed by atoms with Gasteiger partial charge in [0.1, 0.15) is 0 Å². The fourth-order valence-electron chi connectivity index (χ4n) is 2.60. The van der Waals surface area contributed by atoms with E-state index in [1.807, 2.05) is 44.2 Å².